The number of rotatable bonds is 4. The van der Waals surface area contributed by atoms with Crippen LogP contribution in [-0.4, -0.2) is 62.5 Å². The van der Waals surface area contributed by atoms with E-state index in [9.17, 15) is 8.42 Å². The number of benzene rings is 1. The van der Waals surface area contributed by atoms with Crippen LogP contribution in [0.25, 0.3) is 0 Å². The molecule has 144 valence electrons. The summed E-state index contributed by atoms with van der Waals surface area (Å²) in [6.07, 6.45) is 3.13. The van der Waals surface area contributed by atoms with Crippen molar-refractivity contribution in [2.75, 3.05) is 32.8 Å². The van der Waals surface area contributed by atoms with Crippen LogP contribution < -0.4 is 5.73 Å². The fraction of sp³-hybridized carbons (Fsp3) is 0.611. The molecule has 3 rings (SSSR count). The van der Waals surface area contributed by atoms with Crippen molar-refractivity contribution in [3.05, 3.63) is 29.8 Å². The topological polar surface area (TPSA) is 88.2 Å². The minimum Gasteiger partial charge on any atom is -0.375 e. The molecular formula is C18H28N4O3S. The number of hydrogen-bond donors (Lipinski definition) is 1. The lowest BCUT2D eigenvalue weighted by atomic mass is 10.2. The molecule has 0 bridgehead atoms. The summed E-state index contributed by atoms with van der Waals surface area (Å²) >= 11 is 0. The van der Waals surface area contributed by atoms with Crippen molar-refractivity contribution in [2.45, 2.75) is 43.7 Å². The summed E-state index contributed by atoms with van der Waals surface area (Å²) in [6.45, 7) is 5.81. The number of nitrogens with two attached hydrogens (primary N) is 1. The number of aliphatic imine (C=N–C) groups is 1. The van der Waals surface area contributed by atoms with E-state index in [1.54, 1.807) is 16.4 Å². The first-order valence-corrected chi connectivity index (χ1v) is 10.7. The number of ether oxygens (including phenoxy) is 1. The molecule has 1 unspecified atom stereocenters. The van der Waals surface area contributed by atoms with Crippen LogP contribution in [0.15, 0.2) is 34.2 Å². The summed E-state index contributed by atoms with van der Waals surface area (Å²) in [5, 5.41) is 0. The SMILES string of the molecule is CC1CN(C(N)=NCc2ccc(S(=O)(=O)N3CCCCC3)cc2)CCO1. The van der Waals surface area contributed by atoms with Gasteiger partial charge in [0, 0.05) is 26.2 Å². The van der Waals surface area contributed by atoms with Gasteiger partial charge in [0.2, 0.25) is 10.0 Å². The van der Waals surface area contributed by atoms with Crippen LogP contribution in [0.4, 0.5) is 0 Å². The van der Waals surface area contributed by atoms with Gasteiger partial charge in [-0.3, -0.25) is 0 Å². The van der Waals surface area contributed by atoms with Gasteiger partial charge in [-0.25, -0.2) is 13.4 Å². The van der Waals surface area contributed by atoms with Gasteiger partial charge in [-0.2, -0.15) is 4.31 Å². The fourth-order valence-electron chi connectivity index (χ4n) is 3.32. The number of morpholine rings is 1. The summed E-state index contributed by atoms with van der Waals surface area (Å²) < 4.78 is 32.4. The Morgan fingerprint density at radius 2 is 1.88 bits per heavy atom. The molecule has 0 spiro atoms. The Bertz CT molecular complexity index is 727. The second kappa shape index (κ2) is 8.37. The molecule has 2 aliphatic heterocycles. The smallest absolute Gasteiger partial charge is 0.243 e. The number of hydrogen-bond acceptors (Lipinski definition) is 4. The zero-order valence-electron chi connectivity index (χ0n) is 15.3. The van der Waals surface area contributed by atoms with Crippen LogP contribution in [-0.2, 0) is 21.3 Å². The van der Waals surface area contributed by atoms with E-state index in [0.29, 0.717) is 37.1 Å². The molecule has 2 aliphatic rings. The van der Waals surface area contributed by atoms with Gasteiger partial charge in [-0.15, -0.1) is 0 Å². The van der Waals surface area contributed by atoms with Gasteiger partial charge in [0.05, 0.1) is 24.2 Å². The highest BCUT2D eigenvalue weighted by molar-refractivity contribution is 7.89. The molecule has 0 amide bonds. The van der Waals surface area contributed by atoms with Crippen molar-refractivity contribution < 1.29 is 13.2 Å². The van der Waals surface area contributed by atoms with Gasteiger partial charge in [0.25, 0.3) is 0 Å². The lowest BCUT2D eigenvalue weighted by Gasteiger charge is -2.31. The standard InChI is InChI=1S/C18H28N4O3S/c1-15-14-21(11-12-25-15)18(19)20-13-16-5-7-17(8-6-16)26(23,24)22-9-3-2-4-10-22/h5-8,15H,2-4,9-14H2,1H3,(H2,19,20). The molecule has 2 heterocycles. The summed E-state index contributed by atoms with van der Waals surface area (Å²) in [4.78, 5) is 6.81. The number of guanidine groups is 1. The molecule has 0 saturated carbocycles. The number of nitrogens with zero attached hydrogens (tertiary/aromatic N) is 3. The first-order chi connectivity index (χ1) is 12.5. The minimum atomic E-state index is -3.38. The second-order valence-electron chi connectivity index (χ2n) is 6.91. The maximum Gasteiger partial charge on any atom is 0.243 e. The van der Waals surface area contributed by atoms with Gasteiger partial charge in [0.15, 0.2) is 5.96 Å². The maximum atomic E-state index is 12.7. The lowest BCUT2D eigenvalue weighted by Crippen LogP contribution is -2.47. The molecule has 7 nitrogen and oxygen atoms in total. The van der Waals surface area contributed by atoms with Crippen LogP contribution in [0, 0.1) is 0 Å². The molecule has 1 aromatic rings. The summed E-state index contributed by atoms with van der Waals surface area (Å²) in [6, 6.07) is 6.97. The van der Waals surface area contributed by atoms with Crippen LogP contribution in [0.1, 0.15) is 31.7 Å². The Labute approximate surface area is 155 Å². The first kappa shape index (κ1) is 19.1. The molecular weight excluding hydrogens is 352 g/mol. The third-order valence-electron chi connectivity index (χ3n) is 4.86. The lowest BCUT2D eigenvalue weighted by molar-refractivity contribution is 0.00529. The van der Waals surface area contributed by atoms with Gasteiger partial charge in [-0.05, 0) is 37.5 Å². The van der Waals surface area contributed by atoms with Crippen molar-refractivity contribution in [2.24, 2.45) is 10.7 Å². The van der Waals surface area contributed by atoms with E-state index >= 15 is 0 Å². The van der Waals surface area contributed by atoms with Crippen LogP contribution in [0.5, 0.6) is 0 Å². The second-order valence-corrected chi connectivity index (χ2v) is 8.85. The van der Waals surface area contributed by atoms with Crippen molar-refractivity contribution >= 4 is 16.0 Å². The highest BCUT2D eigenvalue weighted by atomic mass is 32.2. The summed E-state index contributed by atoms with van der Waals surface area (Å²) in [5.74, 6) is 0.505. The van der Waals surface area contributed by atoms with E-state index in [1.165, 1.54) is 0 Å². The molecule has 2 fully saturated rings. The van der Waals surface area contributed by atoms with E-state index in [0.717, 1.165) is 37.9 Å². The predicted molar refractivity (Wildman–Crippen MR) is 101 cm³/mol. The third-order valence-corrected chi connectivity index (χ3v) is 6.78. The molecule has 0 radical (unpaired) electrons. The van der Waals surface area contributed by atoms with E-state index in [4.69, 9.17) is 10.5 Å². The fourth-order valence-corrected chi connectivity index (χ4v) is 4.84. The van der Waals surface area contributed by atoms with E-state index in [1.807, 2.05) is 24.0 Å². The van der Waals surface area contributed by atoms with Gasteiger partial charge in [-0.1, -0.05) is 18.6 Å². The zero-order valence-corrected chi connectivity index (χ0v) is 16.1. The number of piperidine rings is 1. The summed E-state index contributed by atoms with van der Waals surface area (Å²) in [5.41, 5.74) is 7.01. The van der Waals surface area contributed by atoms with Gasteiger partial charge < -0.3 is 15.4 Å². The average Bonchev–Trinajstić information content (AvgIpc) is 2.67. The Hall–Kier alpha value is -1.64. The Morgan fingerprint density at radius 3 is 2.54 bits per heavy atom. The molecule has 26 heavy (non-hydrogen) atoms. The number of sulfonamides is 1. The van der Waals surface area contributed by atoms with Crippen LogP contribution in [0.3, 0.4) is 0 Å². The predicted octanol–water partition coefficient (Wildman–Crippen LogP) is 1.40. The van der Waals surface area contributed by atoms with Crippen molar-refractivity contribution in [3.8, 4) is 0 Å². The van der Waals surface area contributed by atoms with Gasteiger partial charge in [0.1, 0.15) is 0 Å². The van der Waals surface area contributed by atoms with E-state index in [-0.39, 0.29) is 6.10 Å². The van der Waals surface area contributed by atoms with Crippen LogP contribution >= 0.6 is 0 Å². The van der Waals surface area contributed by atoms with Crippen molar-refractivity contribution in [1.82, 2.24) is 9.21 Å². The van der Waals surface area contributed by atoms with E-state index in [2.05, 4.69) is 4.99 Å². The molecule has 0 aliphatic carbocycles. The Balaban J connectivity index is 1.63. The minimum absolute atomic E-state index is 0.150. The zero-order chi connectivity index (χ0) is 18.6. The third kappa shape index (κ3) is 4.55. The quantitative estimate of drug-likeness (QED) is 0.630. The molecule has 1 atom stereocenters. The highest BCUT2D eigenvalue weighted by Gasteiger charge is 2.25. The molecule has 2 N–H and O–H groups in total. The Morgan fingerprint density at radius 1 is 1.19 bits per heavy atom. The van der Waals surface area contributed by atoms with E-state index < -0.39 is 10.0 Å². The maximum absolute atomic E-state index is 12.7. The van der Waals surface area contributed by atoms with Gasteiger partial charge >= 0.3 is 0 Å². The normalized spacial score (nSPS) is 23.2. The molecule has 8 heteroatoms. The highest BCUT2D eigenvalue weighted by Crippen LogP contribution is 2.21. The molecule has 2 saturated heterocycles. The van der Waals surface area contributed by atoms with Crippen molar-refractivity contribution in [3.63, 3.8) is 0 Å². The van der Waals surface area contributed by atoms with Crippen molar-refractivity contribution in [1.29, 1.82) is 0 Å². The monoisotopic (exact) mass is 380 g/mol. The largest absolute Gasteiger partial charge is 0.375 e. The summed E-state index contributed by atoms with van der Waals surface area (Å²) in [7, 11) is -3.38. The first-order valence-electron chi connectivity index (χ1n) is 9.22. The molecule has 0 aromatic heterocycles. The Kier molecular flexibility index (Phi) is 6.16. The van der Waals surface area contributed by atoms with Crippen LogP contribution in [0.2, 0.25) is 0 Å². The molecule has 1 aromatic carbocycles. The average molecular weight is 381 g/mol.